The Balaban J connectivity index is 1.98. The molecule has 1 spiro atoms. The largest absolute Gasteiger partial charge is 0.372 e. The Morgan fingerprint density at radius 2 is 2.00 bits per heavy atom. The number of hydrogen-bond donors (Lipinski definition) is 1. The van der Waals surface area contributed by atoms with Crippen LogP contribution in [-0.2, 0) is 4.74 Å². The van der Waals surface area contributed by atoms with Gasteiger partial charge >= 0.3 is 0 Å². The van der Waals surface area contributed by atoms with Gasteiger partial charge in [0.15, 0.2) is 0 Å². The maximum absolute atomic E-state index is 6.20. The molecule has 1 N–H and O–H groups in total. The number of morpholine rings is 1. The third-order valence-corrected chi connectivity index (χ3v) is 4.62. The van der Waals surface area contributed by atoms with E-state index in [1.54, 1.807) is 0 Å². The molecule has 1 aliphatic carbocycles. The normalized spacial score (nSPS) is 40.1. The van der Waals surface area contributed by atoms with Gasteiger partial charge in [0.25, 0.3) is 0 Å². The topological polar surface area (TPSA) is 21.3 Å². The fourth-order valence-electron chi connectivity index (χ4n) is 3.50. The lowest BCUT2D eigenvalue weighted by atomic mass is 9.72. The van der Waals surface area contributed by atoms with E-state index in [1.165, 1.54) is 44.9 Å². The average molecular weight is 225 g/mol. The van der Waals surface area contributed by atoms with Crippen molar-refractivity contribution in [2.75, 3.05) is 13.2 Å². The van der Waals surface area contributed by atoms with Crippen LogP contribution in [0.2, 0.25) is 0 Å². The van der Waals surface area contributed by atoms with E-state index in [0.717, 1.165) is 19.1 Å². The van der Waals surface area contributed by atoms with E-state index in [-0.39, 0.29) is 5.60 Å². The first kappa shape index (κ1) is 12.4. The van der Waals surface area contributed by atoms with Gasteiger partial charge in [-0.15, -0.1) is 0 Å². The SMILES string of the molecule is CCCC1NCCOC12CCC(CC)CC2. The third-order valence-electron chi connectivity index (χ3n) is 4.62. The molecule has 0 amide bonds. The second-order valence-electron chi connectivity index (χ2n) is 5.56. The summed E-state index contributed by atoms with van der Waals surface area (Å²) < 4.78 is 6.20. The summed E-state index contributed by atoms with van der Waals surface area (Å²) in [6.07, 6.45) is 9.20. The second-order valence-corrected chi connectivity index (χ2v) is 5.56. The van der Waals surface area contributed by atoms with Gasteiger partial charge in [-0.2, -0.15) is 0 Å². The van der Waals surface area contributed by atoms with Gasteiger partial charge in [0.05, 0.1) is 12.2 Å². The smallest absolute Gasteiger partial charge is 0.0835 e. The molecule has 2 fully saturated rings. The lowest BCUT2D eigenvalue weighted by Crippen LogP contribution is -2.59. The van der Waals surface area contributed by atoms with Crippen molar-refractivity contribution >= 4 is 0 Å². The van der Waals surface area contributed by atoms with Gasteiger partial charge in [-0.05, 0) is 38.0 Å². The molecule has 0 aromatic heterocycles. The summed E-state index contributed by atoms with van der Waals surface area (Å²) in [5, 5.41) is 3.69. The molecule has 1 heterocycles. The molecule has 2 nitrogen and oxygen atoms in total. The van der Waals surface area contributed by atoms with Crippen molar-refractivity contribution in [3.05, 3.63) is 0 Å². The molecular formula is C14H27NO. The summed E-state index contributed by atoms with van der Waals surface area (Å²) in [5.74, 6) is 0.957. The molecule has 94 valence electrons. The fourth-order valence-corrected chi connectivity index (χ4v) is 3.50. The molecule has 0 aromatic carbocycles. The minimum absolute atomic E-state index is 0.194. The van der Waals surface area contributed by atoms with Crippen molar-refractivity contribution in [2.45, 2.75) is 70.4 Å². The average Bonchev–Trinajstić information content (AvgIpc) is 2.34. The molecular weight excluding hydrogens is 198 g/mol. The van der Waals surface area contributed by atoms with Gasteiger partial charge in [0.2, 0.25) is 0 Å². The highest BCUT2D eigenvalue weighted by Crippen LogP contribution is 2.40. The van der Waals surface area contributed by atoms with Crippen molar-refractivity contribution in [1.29, 1.82) is 0 Å². The minimum atomic E-state index is 0.194. The molecule has 1 atom stereocenters. The number of nitrogens with one attached hydrogen (secondary N) is 1. The Bertz CT molecular complexity index is 207. The van der Waals surface area contributed by atoms with Gasteiger partial charge in [-0.25, -0.2) is 0 Å². The zero-order valence-electron chi connectivity index (χ0n) is 10.9. The third kappa shape index (κ3) is 2.43. The summed E-state index contributed by atoms with van der Waals surface area (Å²) in [5.41, 5.74) is 0.194. The highest BCUT2D eigenvalue weighted by molar-refractivity contribution is 4.98. The van der Waals surface area contributed by atoms with Crippen LogP contribution in [-0.4, -0.2) is 24.8 Å². The maximum Gasteiger partial charge on any atom is 0.0835 e. The molecule has 16 heavy (non-hydrogen) atoms. The molecule has 0 radical (unpaired) electrons. The van der Waals surface area contributed by atoms with E-state index in [0.29, 0.717) is 6.04 Å². The van der Waals surface area contributed by atoms with E-state index < -0.39 is 0 Å². The number of ether oxygens (including phenoxy) is 1. The molecule has 2 heteroatoms. The van der Waals surface area contributed by atoms with Crippen LogP contribution in [0.15, 0.2) is 0 Å². The Morgan fingerprint density at radius 3 is 2.62 bits per heavy atom. The summed E-state index contributed by atoms with van der Waals surface area (Å²) in [6, 6.07) is 0.615. The van der Waals surface area contributed by atoms with E-state index >= 15 is 0 Å². The van der Waals surface area contributed by atoms with Crippen LogP contribution in [0.5, 0.6) is 0 Å². The Kier molecular flexibility index (Phi) is 4.26. The van der Waals surface area contributed by atoms with Crippen molar-refractivity contribution in [2.24, 2.45) is 5.92 Å². The molecule has 0 aromatic rings. The summed E-state index contributed by atoms with van der Waals surface area (Å²) in [7, 11) is 0. The van der Waals surface area contributed by atoms with Crippen LogP contribution in [0.3, 0.4) is 0 Å². The molecule has 1 saturated carbocycles. The summed E-state index contributed by atoms with van der Waals surface area (Å²) in [4.78, 5) is 0. The second kappa shape index (κ2) is 5.50. The van der Waals surface area contributed by atoms with Crippen molar-refractivity contribution in [3.63, 3.8) is 0 Å². The zero-order chi connectivity index (χ0) is 11.4. The van der Waals surface area contributed by atoms with Crippen LogP contribution < -0.4 is 5.32 Å². The standard InChI is InChI=1S/C14H27NO/c1-3-5-13-14(16-11-10-15-13)8-6-12(4-2)7-9-14/h12-13,15H,3-11H2,1-2H3. The quantitative estimate of drug-likeness (QED) is 0.797. The highest BCUT2D eigenvalue weighted by Gasteiger charge is 2.43. The van der Waals surface area contributed by atoms with Crippen LogP contribution >= 0.6 is 0 Å². The monoisotopic (exact) mass is 225 g/mol. The zero-order valence-corrected chi connectivity index (χ0v) is 10.9. The van der Waals surface area contributed by atoms with Crippen LogP contribution in [0.25, 0.3) is 0 Å². The van der Waals surface area contributed by atoms with Crippen molar-refractivity contribution in [1.82, 2.24) is 5.32 Å². The van der Waals surface area contributed by atoms with E-state index in [2.05, 4.69) is 19.2 Å². The van der Waals surface area contributed by atoms with Crippen molar-refractivity contribution < 1.29 is 4.74 Å². The minimum Gasteiger partial charge on any atom is -0.372 e. The van der Waals surface area contributed by atoms with Crippen molar-refractivity contribution in [3.8, 4) is 0 Å². The first-order chi connectivity index (χ1) is 7.80. The van der Waals surface area contributed by atoms with Gasteiger partial charge in [-0.1, -0.05) is 26.7 Å². The summed E-state index contributed by atoms with van der Waals surface area (Å²) >= 11 is 0. The first-order valence-electron chi connectivity index (χ1n) is 7.18. The van der Waals surface area contributed by atoms with Crippen LogP contribution in [0, 0.1) is 5.92 Å². The highest BCUT2D eigenvalue weighted by atomic mass is 16.5. The van der Waals surface area contributed by atoms with E-state index in [9.17, 15) is 0 Å². The lowest BCUT2D eigenvalue weighted by molar-refractivity contribution is -0.125. The Morgan fingerprint density at radius 1 is 1.25 bits per heavy atom. The van der Waals surface area contributed by atoms with Gasteiger partial charge < -0.3 is 10.1 Å². The summed E-state index contributed by atoms with van der Waals surface area (Å²) in [6.45, 7) is 6.56. The van der Waals surface area contributed by atoms with Crippen LogP contribution in [0.4, 0.5) is 0 Å². The molecule has 1 saturated heterocycles. The van der Waals surface area contributed by atoms with Gasteiger partial charge in [0.1, 0.15) is 0 Å². The van der Waals surface area contributed by atoms with Gasteiger partial charge in [0, 0.05) is 12.6 Å². The molecule has 1 unspecified atom stereocenters. The Labute approximate surface area is 100 Å². The van der Waals surface area contributed by atoms with Gasteiger partial charge in [-0.3, -0.25) is 0 Å². The van der Waals surface area contributed by atoms with E-state index in [1.807, 2.05) is 0 Å². The number of hydrogen-bond acceptors (Lipinski definition) is 2. The lowest BCUT2D eigenvalue weighted by Gasteiger charge is -2.48. The molecule has 2 rings (SSSR count). The first-order valence-corrected chi connectivity index (χ1v) is 7.18. The maximum atomic E-state index is 6.20. The fraction of sp³-hybridized carbons (Fsp3) is 1.00. The van der Waals surface area contributed by atoms with E-state index in [4.69, 9.17) is 4.74 Å². The Hall–Kier alpha value is -0.0800. The molecule has 0 bridgehead atoms. The molecule has 1 aliphatic heterocycles. The predicted octanol–water partition coefficient (Wildman–Crippen LogP) is 3.11. The predicted molar refractivity (Wildman–Crippen MR) is 67.6 cm³/mol. The molecule has 2 aliphatic rings. The van der Waals surface area contributed by atoms with Crippen LogP contribution in [0.1, 0.15) is 58.8 Å². The number of rotatable bonds is 3.